The Balaban J connectivity index is 0.00000196. The summed E-state index contributed by atoms with van der Waals surface area (Å²) >= 11 is 0. The molecule has 1 aliphatic carbocycles. The van der Waals surface area contributed by atoms with E-state index in [1.807, 2.05) is 11.0 Å². The van der Waals surface area contributed by atoms with Crippen molar-refractivity contribution in [1.82, 2.24) is 14.5 Å². The Kier molecular flexibility index (Phi) is 6.20. The van der Waals surface area contributed by atoms with Gasteiger partial charge in [-0.1, -0.05) is 6.92 Å². The van der Waals surface area contributed by atoms with Crippen LogP contribution in [0.15, 0.2) is 24.4 Å². The zero-order valence-electron chi connectivity index (χ0n) is 15.4. The van der Waals surface area contributed by atoms with Gasteiger partial charge < -0.3 is 14.2 Å². The Morgan fingerprint density at radius 3 is 2.92 bits per heavy atom. The highest BCUT2D eigenvalue weighted by molar-refractivity contribution is 5.85. The topological polar surface area (TPSA) is 47.4 Å². The smallest absolute Gasteiger partial charge is 0.242 e. The minimum atomic E-state index is 0. The van der Waals surface area contributed by atoms with Gasteiger partial charge in [-0.2, -0.15) is 0 Å². The van der Waals surface area contributed by atoms with E-state index >= 15 is 0 Å². The van der Waals surface area contributed by atoms with E-state index in [1.165, 1.54) is 12.8 Å². The molecule has 1 amide bonds. The highest BCUT2D eigenvalue weighted by Gasteiger charge is 2.28. The molecule has 26 heavy (non-hydrogen) atoms. The number of aromatic nitrogens is 2. The summed E-state index contributed by atoms with van der Waals surface area (Å²) in [5, 5.41) is 1.09. The molecule has 4 rings (SSSR count). The van der Waals surface area contributed by atoms with Crippen molar-refractivity contribution in [3.8, 4) is 0 Å². The number of carbonyl (C=O) groups excluding carboxylic acids is 1. The molecule has 2 fully saturated rings. The van der Waals surface area contributed by atoms with Crippen LogP contribution in [0.25, 0.3) is 11.0 Å². The number of pyridine rings is 1. The van der Waals surface area contributed by atoms with Crippen LogP contribution in [0, 0.1) is 5.92 Å². The first-order valence-corrected chi connectivity index (χ1v) is 9.59. The van der Waals surface area contributed by atoms with Gasteiger partial charge in [0.25, 0.3) is 0 Å². The fraction of sp³-hybridized carbons (Fsp3) is 0.600. The van der Waals surface area contributed by atoms with Gasteiger partial charge in [0, 0.05) is 37.0 Å². The second-order valence-electron chi connectivity index (χ2n) is 7.36. The third kappa shape index (κ3) is 4.04. The van der Waals surface area contributed by atoms with Crippen molar-refractivity contribution in [3.05, 3.63) is 30.1 Å². The number of hydrogen-bond donors (Lipinski definition) is 0. The van der Waals surface area contributed by atoms with Gasteiger partial charge in [0.15, 0.2) is 0 Å². The first-order chi connectivity index (χ1) is 12.3. The lowest BCUT2D eigenvalue weighted by molar-refractivity contribution is -0.132. The summed E-state index contributed by atoms with van der Waals surface area (Å²) in [4.78, 5) is 19.6. The first-order valence-electron chi connectivity index (χ1n) is 9.59. The zero-order chi connectivity index (χ0) is 17.2. The van der Waals surface area contributed by atoms with E-state index in [2.05, 4.69) is 28.6 Å². The average Bonchev–Trinajstić information content (AvgIpc) is 3.14. The van der Waals surface area contributed by atoms with Crippen LogP contribution in [0.5, 0.6) is 0 Å². The van der Waals surface area contributed by atoms with Crippen molar-refractivity contribution >= 4 is 29.3 Å². The molecular weight excluding hydrogens is 350 g/mol. The van der Waals surface area contributed by atoms with Crippen molar-refractivity contribution in [2.24, 2.45) is 5.92 Å². The van der Waals surface area contributed by atoms with Gasteiger partial charge in [-0.25, -0.2) is 4.98 Å². The highest BCUT2D eigenvalue weighted by Crippen LogP contribution is 2.33. The molecule has 5 nitrogen and oxygen atoms in total. The standard InChI is InChI=1S/C20H27N3O2.ClH/c1-2-10-22(13-15-7-8-15)19(24)14-23-17(18-6-4-11-25-18)12-16-5-3-9-21-20(16)23;/h3,5,9,12,15,18H,2,4,6-8,10-11,13-14H2,1H3;1H/t18-;/m0./s1. The van der Waals surface area contributed by atoms with E-state index in [4.69, 9.17) is 4.74 Å². The van der Waals surface area contributed by atoms with Crippen LogP contribution >= 0.6 is 12.4 Å². The fourth-order valence-corrected chi connectivity index (χ4v) is 3.79. The van der Waals surface area contributed by atoms with Gasteiger partial charge in [0.05, 0.1) is 6.10 Å². The van der Waals surface area contributed by atoms with Crippen molar-refractivity contribution < 1.29 is 9.53 Å². The predicted octanol–water partition coefficient (Wildman–Crippen LogP) is 3.96. The molecule has 1 aliphatic heterocycles. The van der Waals surface area contributed by atoms with E-state index < -0.39 is 0 Å². The maximum Gasteiger partial charge on any atom is 0.242 e. The van der Waals surface area contributed by atoms with Crippen LogP contribution in [0.3, 0.4) is 0 Å². The Labute approximate surface area is 161 Å². The Bertz CT molecular complexity index is 751. The molecule has 142 valence electrons. The molecule has 2 aliphatic rings. The number of fused-ring (bicyclic) bond motifs is 1. The number of nitrogens with zero attached hydrogens (tertiary/aromatic N) is 3. The van der Waals surface area contributed by atoms with Crippen LogP contribution in [0.1, 0.15) is 50.8 Å². The maximum atomic E-state index is 13.0. The molecule has 1 saturated carbocycles. The third-order valence-electron chi connectivity index (χ3n) is 5.26. The summed E-state index contributed by atoms with van der Waals surface area (Å²) in [6.45, 7) is 5.06. The summed E-state index contributed by atoms with van der Waals surface area (Å²) in [6, 6.07) is 6.16. The first kappa shape index (κ1) is 19.2. The summed E-state index contributed by atoms with van der Waals surface area (Å²) in [6.07, 6.45) is 7.52. The Hall–Kier alpha value is -1.59. The Morgan fingerprint density at radius 1 is 1.38 bits per heavy atom. The highest BCUT2D eigenvalue weighted by atomic mass is 35.5. The molecule has 1 saturated heterocycles. The van der Waals surface area contributed by atoms with E-state index in [1.54, 1.807) is 6.20 Å². The van der Waals surface area contributed by atoms with Gasteiger partial charge in [-0.3, -0.25) is 4.79 Å². The molecule has 3 heterocycles. The molecular formula is C20H28ClN3O2. The van der Waals surface area contributed by atoms with Crippen LogP contribution in [0.4, 0.5) is 0 Å². The lowest BCUT2D eigenvalue weighted by Gasteiger charge is -2.23. The minimum absolute atomic E-state index is 0. The molecule has 0 radical (unpaired) electrons. The molecule has 2 aromatic rings. The molecule has 0 unspecified atom stereocenters. The number of rotatable bonds is 7. The Morgan fingerprint density at radius 2 is 2.23 bits per heavy atom. The second kappa shape index (κ2) is 8.40. The van der Waals surface area contributed by atoms with Gasteiger partial charge >= 0.3 is 0 Å². The minimum Gasteiger partial charge on any atom is -0.372 e. The lowest BCUT2D eigenvalue weighted by Crippen LogP contribution is -2.36. The van der Waals surface area contributed by atoms with E-state index in [0.717, 1.165) is 55.7 Å². The van der Waals surface area contributed by atoms with Crippen molar-refractivity contribution in [2.45, 2.75) is 51.7 Å². The summed E-state index contributed by atoms with van der Waals surface area (Å²) < 4.78 is 7.99. The van der Waals surface area contributed by atoms with Crippen molar-refractivity contribution in [2.75, 3.05) is 19.7 Å². The van der Waals surface area contributed by atoms with Gasteiger partial charge in [-0.15, -0.1) is 12.4 Å². The number of halogens is 1. The number of carbonyl (C=O) groups is 1. The SMILES string of the molecule is CCCN(CC1CC1)C(=O)Cn1c([C@@H]2CCCO2)cc2cccnc21.Cl. The molecule has 0 spiro atoms. The lowest BCUT2D eigenvalue weighted by atomic mass is 10.2. The van der Waals surface area contributed by atoms with Crippen molar-refractivity contribution in [3.63, 3.8) is 0 Å². The largest absolute Gasteiger partial charge is 0.372 e. The molecule has 1 atom stereocenters. The van der Waals surface area contributed by atoms with Crippen LogP contribution < -0.4 is 0 Å². The third-order valence-corrected chi connectivity index (χ3v) is 5.26. The number of hydrogen-bond acceptors (Lipinski definition) is 3. The average molecular weight is 378 g/mol. The molecule has 0 N–H and O–H groups in total. The van der Waals surface area contributed by atoms with Gasteiger partial charge in [0.1, 0.15) is 12.2 Å². The number of ether oxygens (including phenoxy) is 1. The second-order valence-corrected chi connectivity index (χ2v) is 7.36. The number of amides is 1. The summed E-state index contributed by atoms with van der Waals surface area (Å²) in [5.74, 6) is 0.920. The van der Waals surface area contributed by atoms with Crippen molar-refractivity contribution in [1.29, 1.82) is 0 Å². The monoisotopic (exact) mass is 377 g/mol. The van der Waals surface area contributed by atoms with Gasteiger partial charge in [0.2, 0.25) is 5.91 Å². The molecule has 0 bridgehead atoms. The normalized spacial score (nSPS) is 19.5. The summed E-state index contributed by atoms with van der Waals surface area (Å²) in [7, 11) is 0. The maximum absolute atomic E-state index is 13.0. The van der Waals surface area contributed by atoms with Crippen LogP contribution in [-0.4, -0.2) is 40.1 Å². The predicted molar refractivity (Wildman–Crippen MR) is 105 cm³/mol. The molecule has 6 heteroatoms. The fourth-order valence-electron chi connectivity index (χ4n) is 3.79. The van der Waals surface area contributed by atoms with Crippen LogP contribution in [-0.2, 0) is 16.1 Å². The van der Waals surface area contributed by atoms with E-state index in [-0.39, 0.29) is 24.4 Å². The van der Waals surface area contributed by atoms with E-state index in [0.29, 0.717) is 12.5 Å². The van der Waals surface area contributed by atoms with Crippen LogP contribution in [0.2, 0.25) is 0 Å². The molecule has 0 aromatic carbocycles. The van der Waals surface area contributed by atoms with E-state index in [9.17, 15) is 4.79 Å². The van der Waals surface area contributed by atoms with Gasteiger partial charge in [-0.05, 0) is 56.2 Å². The summed E-state index contributed by atoms with van der Waals surface area (Å²) in [5.41, 5.74) is 1.99. The zero-order valence-corrected chi connectivity index (χ0v) is 16.2. The quantitative estimate of drug-likeness (QED) is 0.733. The molecule has 2 aromatic heterocycles.